The highest BCUT2D eigenvalue weighted by Crippen LogP contribution is 2.43. The molecule has 0 fully saturated rings. The van der Waals surface area contributed by atoms with Crippen LogP contribution in [-0.4, -0.2) is 15.9 Å². The third kappa shape index (κ3) is 3.14. The second-order valence-electron chi connectivity index (χ2n) is 5.84. The maximum atomic E-state index is 15.4. The second kappa shape index (κ2) is 6.38. The SMILES string of the molecule is O=C(CCc1ccc(Cl)cc1)[C@]1(F)CC[C@H](O)c2ncccc21. The van der Waals surface area contributed by atoms with E-state index in [0.717, 1.165) is 5.56 Å². The summed E-state index contributed by atoms with van der Waals surface area (Å²) in [6.07, 6.45) is 1.45. The molecule has 0 unspecified atom stereocenters. The molecule has 1 aromatic heterocycles. The summed E-state index contributed by atoms with van der Waals surface area (Å²) in [4.78, 5) is 16.6. The number of Topliss-reactive ketones (excluding diaryl/α,β-unsaturated/α-hetero) is 1. The van der Waals surface area contributed by atoms with Gasteiger partial charge in [-0.1, -0.05) is 29.8 Å². The lowest BCUT2D eigenvalue weighted by atomic mass is 9.77. The smallest absolute Gasteiger partial charge is 0.195 e. The van der Waals surface area contributed by atoms with Gasteiger partial charge in [-0.25, -0.2) is 4.39 Å². The highest BCUT2D eigenvalue weighted by atomic mass is 35.5. The van der Waals surface area contributed by atoms with Gasteiger partial charge in [0.05, 0.1) is 11.8 Å². The monoisotopic (exact) mass is 333 g/mol. The molecule has 5 heteroatoms. The van der Waals surface area contributed by atoms with Gasteiger partial charge < -0.3 is 5.11 Å². The van der Waals surface area contributed by atoms with Crippen LogP contribution in [0.25, 0.3) is 0 Å². The largest absolute Gasteiger partial charge is 0.387 e. The lowest BCUT2D eigenvalue weighted by molar-refractivity contribution is -0.133. The number of halogens is 2. The fourth-order valence-corrected chi connectivity index (χ4v) is 3.15. The van der Waals surface area contributed by atoms with E-state index in [9.17, 15) is 9.90 Å². The molecule has 0 aliphatic heterocycles. The van der Waals surface area contributed by atoms with Crippen LogP contribution in [0.5, 0.6) is 0 Å². The Kier molecular flexibility index (Phi) is 4.46. The van der Waals surface area contributed by atoms with E-state index in [4.69, 9.17) is 11.6 Å². The number of pyridine rings is 1. The summed E-state index contributed by atoms with van der Waals surface area (Å²) in [5.74, 6) is -0.464. The number of rotatable bonds is 4. The van der Waals surface area contributed by atoms with Gasteiger partial charge in [-0.2, -0.15) is 0 Å². The molecule has 1 heterocycles. The number of nitrogens with zero attached hydrogens (tertiary/aromatic N) is 1. The van der Waals surface area contributed by atoms with Gasteiger partial charge in [0, 0.05) is 23.2 Å². The van der Waals surface area contributed by atoms with E-state index in [2.05, 4.69) is 4.98 Å². The van der Waals surface area contributed by atoms with Gasteiger partial charge in [-0.05, 0) is 43.0 Å². The number of aromatic nitrogens is 1. The van der Waals surface area contributed by atoms with Crippen molar-refractivity contribution in [3.63, 3.8) is 0 Å². The van der Waals surface area contributed by atoms with Gasteiger partial charge >= 0.3 is 0 Å². The lowest BCUT2D eigenvalue weighted by Crippen LogP contribution is -2.36. The summed E-state index contributed by atoms with van der Waals surface area (Å²) in [6, 6.07) is 10.3. The van der Waals surface area contributed by atoms with Gasteiger partial charge in [-0.15, -0.1) is 0 Å². The summed E-state index contributed by atoms with van der Waals surface area (Å²) in [6.45, 7) is 0. The number of hydrogen-bond donors (Lipinski definition) is 1. The first-order valence-corrected chi connectivity index (χ1v) is 7.98. The zero-order chi connectivity index (χ0) is 16.4. The number of carbonyl (C=O) groups excluding carboxylic acids is 1. The third-order valence-electron chi connectivity index (χ3n) is 4.34. The number of aliphatic hydroxyl groups is 1. The molecular formula is C18H17ClFNO2. The fourth-order valence-electron chi connectivity index (χ4n) is 3.02. The summed E-state index contributed by atoms with van der Waals surface area (Å²) in [5.41, 5.74) is -0.635. The molecular weight excluding hydrogens is 317 g/mol. The number of alkyl halides is 1. The molecule has 0 amide bonds. The van der Waals surface area contributed by atoms with E-state index in [1.807, 2.05) is 12.1 Å². The van der Waals surface area contributed by atoms with E-state index in [0.29, 0.717) is 11.4 Å². The summed E-state index contributed by atoms with van der Waals surface area (Å²) < 4.78 is 15.4. The molecule has 1 N–H and O–H groups in total. The van der Waals surface area contributed by atoms with E-state index < -0.39 is 17.6 Å². The first-order valence-electron chi connectivity index (χ1n) is 7.61. The predicted octanol–water partition coefficient (Wildman–Crippen LogP) is 3.93. The van der Waals surface area contributed by atoms with Crippen LogP contribution in [0.3, 0.4) is 0 Å². The maximum absolute atomic E-state index is 15.4. The van der Waals surface area contributed by atoms with Crippen LogP contribution in [0.15, 0.2) is 42.6 Å². The minimum absolute atomic E-state index is 0.00763. The average Bonchev–Trinajstić information content (AvgIpc) is 2.58. The molecule has 120 valence electrons. The van der Waals surface area contributed by atoms with Gasteiger partial charge in [0.1, 0.15) is 0 Å². The van der Waals surface area contributed by atoms with Gasteiger partial charge in [-0.3, -0.25) is 9.78 Å². The molecule has 2 aromatic rings. The van der Waals surface area contributed by atoms with Crippen LogP contribution in [0, 0.1) is 0 Å². The quantitative estimate of drug-likeness (QED) is 0.922. The van der Waals surface area contributed by atoms with E-state index in [1.54, 1.807) is 24.3 Å². The zero-order valence-corrected chi connectivity index (χ0v) is 13.3. The number of benzene rings is 1. The van der Waals surface area contributed by atoms with Crippen molar-refractivity contribution in [2.45, 2.75) is 37.5 Å². The van der Waals surface area contributed by atoms with E-state index in [1.165, 1.54) is 6.20 Å². The van der Waals surface area contributed by atoms with Crippen LogP contribution in [0.1, 0.15) is 42.2 Å². The van der Waals surface area contributed by atoms with Crippen molar-refractivity contribution in [2.24, 2.45) is 0 Å². The lowest BCUT2D eigenvalue weighted by Gasteiger charge is -2.32. The maximum Gasteiger partial charge on any atom is 0.195 e. The molecule has 23 heavy (non-hydrogen) atoms. The molecule has 1 aliphatic rings. The first kappa shape index (κ1) is 16.1. The molecule has 0 saturated heterocycles. The topological polar surface area (TPSA) is 50.2 Å². The van der Waals surface area contributed by atoms with Crippen molar-refractivity contribution in [1.82, 2.24) is 4.98 Å². The van der Waals surface area contributed by atoms with Gasteiger partial charge in [0.2, 0.25) is 0 Å². The normalized spacial score (nSPS) is 23.3. The van der Waals surface area contributed by atoms with Crippen molar-refractivity contribution in [2.75, 3.05) is 0 Å². The Hall–Kier alpha value is -1.78. The van der Waals surface area contributed by atoms with Crippen LogP contribution in [0.4, 0.5) is 4.39 Å². The average molecular weight is 334 g/mol. The van der Waals surface area contributed by atoms with Crippen molar-refractivity contribution >= 4 is 17.4 Å². The van der Waals surface area contributed by atoms with Crippen LogP contribution in [0.2, 0.25) is 5.02 Å². The molecule has 1 aliphatic carbocycles. The molecule has 0 spiro atoms. The Morgan fingerprint density at radius 2 is 2.09 bits per heavy atom. The van der Waals surface area contributed by atoms with Gasteiger partial charge in [0.15, 0.2) is 11.5 Å². The minimum Gasteiger partial charge on any atom is -0.387 e. The van der Waals surface area contributed by atoms with Crippen LogP contribution >= 0.6 is 11.6 Å². The summed E-state index contributed by atoms with van der Waals surface area (Å²) in [5, 5.41) is 10.6. The highest BCUT2D eigenvalue weighted by molar-refractivity contribution is 6.30. The van der Waals surface area contributed by atoms with E-state index in [-0.39, 0.29) is 30.5 Å². The Morgan fingerprint density at radius 3 is 2.83 bits per heavy atom. The Balaban J connectivity index is 1.79. The highest BCUT2D eigenvalue weighted by Gasteiger charge is 2.45. The Morgan fingerprint density at radius 1 is 1.35 bits per heavy atom. The molecule has 0 bridgehead atoms. The number of aryl methyl sites for hydroxylation is 1. The van der Waals surface area contributed by atoms with Crippen LogP contribution in [-0.2, 0) is 16.9 Å². The van der Waals surface area contributed by atoms with Gasteiger partial charge in [0.25, 0.3) is 0 Å². The molecule has 3 rings (SSSR count). The number of ketones is 1. The third-order valence-corrected chi connectivity index (χ3v) is 4.59. The van der Waals surface area contributed by atoms with Crippen LogP contribution < -0.4 is 0 Å². The number of fused-ring (bicyclic) bond motifs is 1. The first-order chi connectivity index (χ1) is 11.0. The van der Waals surface area contributed by atoms with E-state index >= 15 is 4.39 Å². The van der Waals surface area contributed by atoms with Crippen molar-refractivity contribution in [3.05, 3.63) is 64.4 Å². The molecule has 2 atom stereocenters. The second-order valence-corrected chi connectivity index (χ2v) is 6.28. The summed E-state index contributed by atoms with van der Waals surface area (Å²) >= 11 is 5.83. The molecule has 0 saturated carbocycles. The predicted molar refractivity (Wildman–Crippen MR) is 86.0 cm³/mol. The minimum atomic E-state index is -2.06. The summed E-state index contributed by atoms with van der Waals surface area (Å²) in [7, 11) is 0. The van der Waals surface area contributed by atoms with Crippen molar-refractivity contribution in [1.29, 1.82) is 0 Å². The molecule has 1 aromatic carbocycles. The molecule has 3 nitrogen and oxygen atoms in total. The number of carbonyl (C=O) groups is 1. The van der Waals surface area contributed by atoms with Crippen molar-refractivity contribution in [3.8, 4) is 0 Å². The Labute approximate surface area is 139 Å². The Bertz CT molecular complexity index is 719. The molecule has 0 radical (unpaired) electrons. The standard InChI is InChI=1S/C18H17ClFNO2/c19-13-6-3-12(4-7-13)5-8-16(23)18(20)10-9-15(22)17-14(18)2-1-11-21-17/h1-4,6-7,11,15,22H,5,8-10H2/t15-,18-/m0/s1. The fraction of sp³-hybridized carbons (Fsp3) is 0.333. The number of aliphatic hydroxyl groups excluding tert-OH is 1. The zero-order valence-electron chi connectivity index (χ0n) is 12.5. The number of hydrogen-bond acceptors (Lipinski definition) is 3. The van der Waals surface area contributed by atoms with Crippen molar-refractivity contribution < 1.29 is 14.3 Å².